The number of furan rings is 1. The predicted octanol–water partition coefficient (Wildman–Crippen LogP) is 3.09. The molecule has 1 aliphatic heterocycles. The van der Waals surface area contributed by atoms with Crippen molar-refractivity contribution in [3.8, 4) is 0 Å². The Morgan fingerprint density at radius 1 is 1.33 bits per heavy atom. The van der Waals surface area contributed by atoms with Gasteiger partial charge in [0.1, 0.15) is 11.5 Å². The summed E-state index contributed by atoms with van der Waals surface area (Å²) in [6.45, 7) is 12.3. The number of likely N-dealkylation sites (tertiary alicyclic amines) is 1. The number of nitrogens with zero attached hydrogens (tertiary/aromatic N) is 1. The molecule has 1 fully saturated rings. The van der Waals surface area contributed by atoms with Crippen molar-refractivity contribution in [2.75, 3.05) is 26.2 Å². The van der Waals surface area contributed by atoms with Gasteiger partial charge in [0, 0.05) is 31.8 Å². The molecule has 4 heteroatoms. The molecule has 0 saturated carbocycles. The molecule has 1 N–H and O–H groups in total. The molecule has 2 rings (SSSR count). The Labute approximate surface area is 128 Å². The van der Waals surface area contributed by atoms with Crippen LogP contribution in [0, 0.1) is 6.92 Å². The second-order valence-corrected chi connectivity index (χ2v) is 5.90. The minimum Gasteiger partial charge on any atom is -0.465 e. The van der Waals surface area contributed by atoms with Gasteiger partial charge in [-0.05, 0) is 45.7 Å². The average Bonchev–Trinajstić information content (AvgIpc) is 2.82. The van der Waals surface area contributed by atoms with E-state index in [0.29, 0.717) is 6.10 Å². The molecule has 4 nitrogen and oxygen atoms in total. The topological polar surface area (TPSA) is 37.6 Å². The van der Waals surface area contributed by atoms with Crippen molar-refractivity contribution in [3.63, 3.8) is 0 Å². The number of ether oxygens (including phenoxy) is 1. The van der Waals surface area contributed by atoms with Gasteiger partial charge in [0.15, 0.2) is 0 Å². The van der Waals surface area contributed by atoms with Crippen LogP contribution in [0.3, 0.4) is 0 Å². The van der Waals surface area contributed by atoms with Gasteiger partial charge < -0.3 is 14.5 Å². The Morgan fingerprint density at radius 3 is 2.76 bits per heavy atom. The fraction of sp³-hybridized carbons (Fsp3) is 0.765. The standard InChI is InChI=1S/C17H30N2O2/c1-4-8-18-12-17-11-15(14(3)21-17)13-19-9-6-16(7-10-19)20-5-2/h11,16,18H,4-10,12-13H2,1-3H3. The van der Waals surface area contributed by atoms with Gasteiger partial charge in [0.2, 0.25) is 0 Å². The highest BCUT2D eigenvalue weighted by Crippen LogP contribution is 2.20. The summed E-state index contributed by atoms with van der Waals surface area (Å²) in [6, 6.07) is 2.21. The average molecular weight is 294 g/mol. The summed E-state index contributed by atoms with van der Waals surface area (Å²) >= 11 is 0. The number of rotatable bonds is 8. The number of aryl methyl sites for hydroxylation is 1. The summed E-state index contributed by atoms with van der Waals surface area (Å²) in [4.78, 5) is 2.51. The van der Waals surface area contributed by atoms with E-state index in [1.54, 1.807) is 0 Å². The number of nitrogens with one attached hydrogen (secondary N) is 1. The van der Waals surface area contributed by atoms with Crippen LogP contribution in [0.1, 0.15) is 50.2 Å². The van der Waals surface area contributed by atoms with Crippen LogP contribution in [0.2, 0.25) is 0 Å². The molecule has 2 heterocycles. The lowest BCUT2D eigenvalue weighted by Crippen LogP contribution is -2.36. The highest BCUT2D eigenvalue weighted by atomic mass is 16.5. The zero-order valence-corrected chi connectivity index (χ0v) is 13.8. The molecule has 0 unspecified atom stereocenters. The molecular weight excluding hydrogens is 264 g/mol. The Balaban J connectivity index is 1.80. The molecule has 21 heavy (non-hydrogen) atoms. The Bertz CT molecular complexity index is 409. The maximum Gasteiger partial charge on any atom is 0.118 e. The fourth-order valence-electron chi connectivity index (χ4n) is 2.93. The zero-order valence-electron chi connectivity index (χ0n) is 13.8. The Kier molecular flexibility index (Phi) is 6.74. The van der Waals surface area contributed by atoms with Crippen LogP contribution in [0.15, 0.2) is 10.5 Å². The third-order valence-corrected chi connectivity index (χ3v) is 4.13. The third kappa shape index (κ3) is 5.13. The molecule has 0 amide bonds. The summed E-state index contributed by atoms with van der Waals surface area (Å²) in [5, 5.41) is 3.39. The molecule has 0 bridgehead atoms. The molecule has 120 valence electrons. The van der Waals surface area contributed by atoms with Gasteiger partial charge in [0.05, 0.1) is 12.6 Å². The molecule has 0 radical (unpaired) electrons. The summed E-state index contributed by atoms with van der Waals surface area (Å²) in [7, 11) is 0. The van der Waals surface area contributed by atoms with Gasteiger partial charge in [-0.25, -0.2) is 0 Å². The van der Waals surface area contributed by atoms with Crippen molar-refractivity contribution in [2.24, 2.45) is 0 Å². The van der Waals surface area contributed by atoms with Gasteiger partial charge in [-0.3, -0.25) is 4.90 Å². The van der Waals surface area contributed by atoms with Crippen LogP contribution in [0.4, 0.5) is 0 Å². The minimum absolute atomic E-state index is 0.463. The summed E-state index contributed by atoms with van der Waals surface area (Å²) in [5.74, 6) is 2.12. The molecule has 0 atom stereocenters. The van der Waals surface area contributed by atoms with Crippen LogP contribution in [0.5, 0.6) is 0 Å². The van der Waals surface area contributed by atoms with Crippen LogP contribution in [-0.4, -0.2) is 37.2 Å². The van der Waals surface area contributed by atoms with Crippen molar-refractivity contribution < 1.29 is 9.15 Å². The lowest BCUT2D eigenvalue weighted by atomic mass is 10.1. The summed E-state index contributed by atoms with van der Waals surface area (Å²) in [6.07, 6.45) is 3.91. The SMILES string of the molecule is CCCNCc1cc(CN2CCC(OCC)CC2)c(C)o1. The Hall–Kier alpha value is -0.840. The second kappa shape index (κ2) is 8.57. The lowest BCUT2D eigenvalue weighted by Gasteiger charge is -2.31. The first kappa shape index (κ1) is 16.5. The quantitative estimate of drug-likeness (QED) is 0.748. The van der Waals surface area contributed by atoms with Crippen LogP contribution < -0.4 is 5.32 Å². The van der Waals surface area contributed by atoms with Gasteiger partial charge in [0.25, 0.3) is 0 Å². The van der Waals surface area contributed by atoms with Crippen LogP contribution in [0.25, 0.3) is 0 Å². The first-order valence-corrected chi connectivity index (χ1v) is 8.35. The molecule has 0 aromatic carbocycles. The summed E-state index contributed by atoms with van der Waals surface area (Å²) < 4.78 is 11.6. The number of hydrogen-bond donors (Lipinski definition) is 1. The van der Waals surface area contributed by atoms with E-state index in [0.717, 1.165) is 70.1 Å². The molecule has 1 saturated heterocycles. The van der Waals surface area contributed by atoms with Gasteiger partial charge in [-0.2, -0.15) is 0 Å². The van der Waals surface area contributed by atoms with Crippen molar-refractivity contribution in [3.05, 3.63) is 23.2 Å². The van der Waals surface area contributed by atoms with E-state index in [9.17, 15) is 0 Å². The first-order valence-electron chi connectivity index (χ1n) is 8.35. The molecule has 0 spiro atoms. The normalized spacial score (nSPS) is 17.5. The molecule has 1 aromatic rings. The van der Waals surface area contributed by atoms with Gasteiger partial charge in [-0.15, -0.1) is 0 Å². The maximum atomic E-state index is 5.85. The van der Waals surface area contributed by atoms with Crippen molar-refractivity contribution in [2.45, 2.75) is 59.2 Å². The smallest absolute Gasteiger partial charge is 0.118 e. The monoisotopic (exact) mass is 294 g/mol. The van der Waals surface area contributed by atoms with E-state index < -0.39 is 0 Å². The number of hydrogen-bond acceptors (Lipinski definition) is 4. The van der Waals surface area contributed by atoms with Gasteiger partial charge >= 0.3 is 0 Å². The van der Waals surface area contributed by atoms with Crippen molar-refractivity contribution in [1.82, 2.24) is 10.2 Å². The van der Waals surface area contributed by atoms with E-state index >= 15 is 0 Å². The van der Waals surface area contributed by atoms with E-state index in [2.05, 4.69) is 37.1 Å². The third-order valence-electron chi connectivity index (χ3n) is 4.13. The number of piperidine rings is 1. The zero-order chi connectivity index (χ0) is 15.1. The molecule has 0 aliphatic carbocycles. The minimum atomic E-state index is 0.463. The Morgan fingerprint density at radius 2 is 2.10 bits per heavy atom. The highest BCUT2D eigenvalue weighted by Gasteiger charge is 2.20. The van der Waals surface area contributed by atoms with E-state index in [4.69, 9.17) is 9.15 Å². The van der Waals surface area contributed by atoms with E-state index in [1.165, 1.54) is 5.56 Å². The molecule has 1 aromatic heterocycles. The van der Waals surface area contributed by atoms with Crippen molar-refractivity contribution in [1.29, 1.82) is 0 Å². The van der Waals surface area contributed by atoms with Crippen LogP contribution >= 0.6 is 0 Å². The predicted molar refractivity (Wildman–Crippen MR) is 85.4 cm³/mol. The lowest BCUT2D eigenvalue weighted by molar-refractivity contribution is 0.0124. The first-order chi connectivity index (χ1) is 10.2. The highest BCUT2D eigenvalue weighted by molar-refractivity contribution is 5.20. The largest absolute Gasteiger partial charge is 0.465 e. The van der Waals surface area contributed by atoms with Crippen molar-refractivity contribution >= 4 is 0 Å². The van der Waals surface area contributed by atoms with Crippen LogP contribution in [-0.2, 0) is 17.8 Å². The van der Waals surface area contributed by atoms with E-state index in [-0.39, 0.29) is 0 Å². The molecule has 1 aliphatic rings. The van der Waals surface area contributed by atoms with Gasteiger partial charge in [-0.1, -0.05) is 6.92 Å². The second-order valence-electron chi connectivity index (χ2n) is 5.90. The summed E-state index contributed by atoms with van der Waals surface area (Å²) in [5.41, 5.74) is 1.33. The fourth-order valence-corrected chi connectivity index (χ4v) is 2.93. The maximum absolute atomic E-state index is 5.85. The molecular formula is C17H30N2O2. The van der Waals surface area contributed by atoms with E-state index in [1.807, 2.05) is 0 Å².